The summed E-state index contributed by atoms with van der Waals surface area (Å²) in [7, 11) is 0. The van der Waals surface area contributed by atoms with Gasteiger partial charge in [-0.05, 0) is 25.2 Å². The van der Waals surface area contributed by atoms with Crippen LogP contribution in [0.1, 0.15) is 26.2 Å². The second-order valence-electron chi connectivity index (χ2n) is 3.98. The minimum Gasteiger partial charge on any atom is -0.465 e. The molecule has 86 valence electrons. The molecule has 0 unspecified atom stereocenters. The lowest BCUT2D eigenvalue weighted by Gasteiger charge is -2.29. The van der Waals surface area contributed by atoms with Gasteiger partial charge in [-0.2, -0.15) is 0 Å². The highest BCUT2D eigenvalue weighted by Gasteiger charge is 2.21. The van der Waals surface area contributed by atoms with Crippen LogP contribution in [0.4, 0.5) is 4.79 Å². The van der Waals surface area contributed by atoms with E-state index in [1.165, 1.54) is 11.8 Å². The molecule has 2 N–H and O–H groups in total. The first-order valence-electron chi connectivity index (χ1n) is 5.32. The van der Waals surface area contributed by atoms with Crippen molar-refractivity contribution < 1.29 is 14.7 Å². The maximum absolute atomic E-state index is 10.6. The topological polar surface area (TPSA) is 69.6 Å². The molecule has 5 heteroatoms. The molecular weight excluding hydrogens is 196 g/mol. The van der Waals surface area contributed by atoms with Gasteiger partial charge in [0.1, 0.15) is 0 Å². The highest BCUT2D eigenvalue weighted by atomic mass is 16.4. The number of carbonyl (C=O) groups excluding carboxylic acids is 1. The van der Waals surface area contributed by atoms with Crippen LogP contribution in [0.5, 0.6) is 0 Å². The number of carbonyl (C=O) groups is 2. The number of amides is 2. The lowest BCUT2D eigenvalue weighted by molar-refractivity contribution is -0.119. The molecule has 0 aliphatic carbocycles. The van der Waals surface area contributed by atoms with E-state index in [1.807, 2.05) is 0 Å². The molecule has 0 aromatic rings. The number of likely N-dealkylation sites (tertiary alicyclic amines) is 1. The fourth-order valence-electron chi connectivity index (χ4n) is 1.87. The number of rotatable bonds is 3. The van der Waals surface area contributed by atoms with Gasteiger partial charge in [0.15, 0.2) is 0 Å². The Morgan fingerprint density at radius 3 is 2.47 bits per heavy atom. The molecule has 1 heterocycles. The van der Waals surface area contributed by atoms with Gasteiger partial charge >= 0.3 is 6.09 Å². The minimum absolute atomic E-state index is 0.00188. The summed E-state index contributed by atoms with van der Waals surface area (Å²) in [5.41, 5.74) is 0. The average Bonchev–Trinajstić information content (AvgIpc) is 2.18. The fourth-order valence-corrected chi connectivity index (χ4v) is 1.87. The third kappa shape index (κ3) is 4.18. The Hall–Kier alpha value is -1.26. The normalized spacial score (nSPS) is 17.5. The molecular formula is C10H18N2O3. The quantitative estimate of drug-likeness (QED) is 0.733. The van der Waals surface area contributed by atoms with E-state index < -0.39 is 6.09 Å². The Balaban J connectivity index is 2.14. The van der Waals surface area contributed by atoms with E-state index in [4.69, 9.17) is 5.11 Å². The smallest absolute Gasteiger partial charge is 0.407 e. The minimum atomic E-state index is -0.824. The lowest BCUT2D eigenvalue weighted by Crippen LogP contribution is -2.38. The molecule has 15 heavy (non-hydrogen) atoms. The summed E-state index contributed by atoms with van der Waals surface area (Å²) in [5, 5.41) is 11.5. The summed E-state index contributed by atoms with van der Waals surface area (Å²) in [6.45, 7) is 3.46. The van der Waals surface area contributed by atoms with Crippen molar-refractivity contribution in [3.8, 4) is 0 Å². The van der Waals surface area contributed by atoms with Gasteiger partial charge in [-0.1, -0.05) is 0 Å². The van der Waals surface area contributed by atoms with Gasteiger partial charge in [-0.15, -0.1) is 0 Å². The molecule has 2 amide bonds. The number of carboxylic acid groups (broad SMARTS) is 1. The van der Waals surface area contributed by atoms with Crippen molar-refractivity contribution in [2.45, 2.75) is 26.2 Å². The maximum atomic E-state index is 10.6. The maximum Gasteiger partial charge on any atom is 0.407 e. The van der Waals surface area contributed by atoms with Crippen LogP contribution in [-0.4, -0.2) is 41.6 Å². The van der Waals surface area contributed by atoms with E-state index in [9.17, 15) is 9.59 Å². The molecule has 0 bridgehead atoms. The van der Waals surface area contributed by atoms with E-state index in [1.54, 1.807) is 0 Å². The molecule has 0 aromatic carbocycles. The SMILES string of the molecule is CC(=O)NCCC1CCN(C(=O)O)CC1. The summed E-state index contributed by atoms with van der Waals surface area (Å²) in [6.07, 6.45) is 1.94. The molecule has 1 rings (SSSR count). The van der Waals surface area contributed by atoms with Crippen molar-refractivity contribution in [2.24, 2.45) is 5.92 Å². The molecule has 0 radical (unpaired) electrons. The molecule has 1 aliphatic rings. The monoisotopic (exact) mass is 214 g/mol. The number of piperidine rings is 1. The van der Waals surface area contributed by atoms with Crippen LogP contribution in [-0.2, 0) is 4.79 Å². The van der Waals surface area contributed by atoms with Crippen molar-refractivity contribution in [3.05, 3.63) is 0 Å². The van der Waals surface area contributed by atoms with E-state index in [0.29, 0.717) is 25.6 Å². The number of hydrogen-bond acceptors (Lipinski definition) is 2. The van der Waals surface area contributed by atoms with Crippen LogP contribution in [0, 0.1) is 5.92 Å². The standard InChI is InChI=1S/C10H18N2O3/c1-8(13)11-5-2-9-3-6-12(7-4-9)10(14)15/h9H,2-7H2,1H3,(H,11,13)(H,14,15). The number of nitrogens with zero attached hydrogens (tertiary/aromatic N) is 1. The zero-order valence-corrected chi connectivity index (χ0v) is 9.03. The molecule has 1 fully saturated rings. The second-order valence-corrected chi connectivity index (χ2v) is 3.98. The first-order chi connectivity index (χ1) is 7.09. The van der Waals surface area contributed by atoms with Gasteiger partial charge in [-0.25, -0.2) is 4.79 Å². The molecule has 1 saturated heterocycles. The van der Waals surface area contributed by atoms with Gasteiger partial charge < -0.3 is 15.3 Å². The Kier molecular flexibility index (Phi) is 4.39. The van der Waals surface area contributed by atoms with E-state index in [2.05, 4.69) is 5.32 Å². The highest BCUT2D eigenvalue weighted by Crippen LogP contribution is 2.19. The first-order valence-corrected chi connectivity index (χ1v) is 5.32. The van der Waals surface area contributed by atoms with Crippen LogP contribution in [0.15, 0.2) is 0 Å². The summed E-state index contributed by atoms with van der Waals surface area (Å²) < 4.78 is 0. The van der Waals surface area contributed by atoms with Gasteiger partial charge in [-0.3, -0.25) is 4.79 Å². The van der Waals surface area contributed by atoms with Crippen molar-refractivity contribution in [1.82, 2.24) is 10.2 Å². The van der Waals surface area contributed by atoms with E-state index in [0.717, 1.165) is 19.3 Å². The summed E-state index contributed by atoms with van der Waals surface area (Å²) in [5.74, 6) is 0.547. The molecule has 0 atom stereocenters. The molecule has 0 aromatic heterocycles. The zero-order valence-electron chi connectivity index (χ0n) is 9.03. The van der Waals surface area contributed by atoms with E-state index >= 15 is 0 Å². The van der Waals surface area contributed by atoms with Crippen LogP contribution in [0.25, 0.3) is 0 Å². The van der Waals surface area contributed by atoms with Gasteiger partial charge in [0.25, 0.3) is 0 Å². The van der Waals surface area contributed by atoms with Crippen molar-refractivity contribution in [3.63, 3.8) is 0 Å². The van der Waals surface area contributed by atoms with Crippen molar-refractivity contribution in [1.29, 1.82) is 0 Å². The van der Waals surface area contributed by atoms with Crippen LogP contribution in [0.3, 0.4) is 0 Å². The molecule has 5 nitrogen and oxygen atoms in total. The predicted molar refractivity (Wildman–Crippen MR) is 55.6 cm³/mol. The van der Waals surface area contributed by atoms with E-state index in [-0.39, 0.29) is 5.91 Å². The van der Waals surface area contributed by atoms with Gasteiger partial charge in [0.2, 0.25) is 5.91 Å². The predicted octanol–water partition coefficient (Wildman–Crippen LogP) is 0.903. The number of hydrogen-bond donors (Lipinski definition) is 2. The Bertz CT molecular complexity index is 232. The Morgan fingerprint density at radius 2 is 2.00 bits per heavy atom. The van der Waals surface area contributed by atoms with Crippen LogP contribution < -0.4 is 5.32 Å². The third-order valence-electron chi connectivity index (χ3n) is 2.81. The Morgan fingerprint density at radius 1 is 1.40 bits per heavy atom. The van der Waals surface area contributed by atoms with Gasteiger partial charge in [0, 0.05) is 26.6 Å². The molecule has 1 aliphatic heterocycles. The zero-order chi connectivity index (χ0) is 11.3. The Labute approximate surface area is 89.4 Å². The van der Waals surface area contributed by atoms with Crippen LogP contribution in [0.2, 0.25) is 0 Å². The summed E-state index contributed by atoms with van der Waals surface area (Å²) in [6, 6.07) is 0. The third-order valence-corrected chi connectivity index (χ3v) is 2.81. The summed E-state index contributed by atoms with van der Waals surface area (Å²) >= 11 is 0. The average molecular weight is 214 g/mol. The second kappa shape index (κ2) is 5.58. The van der Waals surface area contributed by atoms with Gasteiger partial charge in [0.05, 0.1) is 0 Å². The summed E-state index contributed by atoms with van der Waals surface area (Å²) in [4.78, 5) is 22.7. The lowest BCUT2D eigenvalue weighted by atomic mass is 9.94. The largest absolute Gasteiger partial charge is 0.465 e. The first kappa shape index (κ1) is 11.8. The van der Waals surface area contributed by atoms with Crippen molar-refractivity contribution in [2.75, 3.05) is 19.6 Å². The van der Waals surface area contributed by atoms with Crippen molar-refractivity contribution >= 4 is 12.0 Å². The number of nitrogens with one attached hydrogen (secondary N) is 1. The van der Waals surface area contributed by atoms with Crippen LogP contribution >= 0.6 is 0 Å². The molecule has 0 saturated carbocycles. The highest BCUT2D eigenvalue weighted by molar-refractivity contribution is 5.72. The fraction of sp³-hybridized carbons (Fsp3) is 0.800. The molecule has 0 spiro atoms.